The summed E-state index contributed by atoms with van der Waals surface area (Å²) in [4.78, 5) is 0. The zero-order valence-electron chi connectivity index (χ0n) is 6.07. The maximum absolute atomic E-state index is 3.78. The standard InChI is InChI=1S/C8H16S/c1-3-5-7-9-8-6-4-2/h1-8H2. The summed E-state index contributed by atoms with van der Waals surface area (Å²) in [7, 11) is 0. The van der Waals surface area contributed by atoms with E-state index in [0.717, 1.165) is 12.8 Å². The molecule has 0 saturated heterocycles. The second-order valence-corrected chi connectivity index (χ2v) is 3.25. The minimum absolute atomic E-state index is 1.08. The molecular weight excluding hydrogens is 128 g/mol. The predicted molar refractivity (Wildman–Crippen MR) is 46.5 cm³/mol. The Morgan fingerprint density at radius 2 is 1.33 bits per heavy atom. The first-order valence-corrected chi connectivity index (χ1v) is 4.73. The van der Waals surface area contributed by atoms with E-state index in [0.29, 0.717) is 0 Å². The number of hydrogen-bond acceptors (Lipinski definition) is 1. The van der Waals surface area contributed by atoms with E-state index in [2.05, 4.69) is 13.8 Å². The van der Waals surface area contributed by atoms with Crippen molar-refractivity contribution < 1.29 is 0 Å². The number of hydrogen-bond donors (Lipinski definition) is 0. The number of thioether (sulfide) groups is 1. The van der Waals surface area contributed by atoms with Crippen LogP contribution >= 0.6 is 11.8 Å². The lowest BCUT2D eigenvalue weighted by Gasteiger charge is -1.96. The second kappa shape index (κ2) is 8.35. The molecule has 0 amide bonds. The first-order chi connectivity index (χ1) is 4.41. The van der Waals surface area contributed by atoms with Crippen LogP contribution in [0.15, 0.2) is 0 Å². The third-order valence-corrected chi connectivity index (χ3v) is 2.23. The fourth-order valence-corrected chi connectivity index (χ4v) is 1.53. The van der Waals surface area contributed by atoms with E-state index < -0.39 is 0 Å². The molecular formula is C8H16S. The van der Waals surface area contributed by atoms with Crippen LogP contribution in [-0.4, -0.2) is 11.5 Å². The van der Waals surface area contributed by atoms with Gasteiger partial charge in [0.1, 0.15) is 0 Å². The van der Waals surface area contributed by atoms with Crippen LogP contribution in [0.3, 0.4) is 0 Å². The third kappa shape index (κ3) is 8.35. The highest BCUT2D eigenvalue weighted by Gasteiger charge is 1.85. The maximum atomic E-state index is 3.78. The average molecular weight is 144 g/mol. The van der Waals surface area contributed by atoms with E-state index in [1.165, 1.54) is 24.3 Å². The Labute approximate surface area is 63.4 Å². The molecule has 9 heavy (non-hydrogen) atoms. The molecule has 0 nitrogen and oxygen atoms in total. The van der Waals surface area contributed by atoms with Crippen molar-refractivity contribution in [1.82, 2.24) is 0 Å². The van der Waals surface area contributed by atoms with Crippen LogP contribution < -0.4 is 0 Å². The van der Waals surface area contributed by atoms with Crippen LogP contribution in [0.5, 0.6) is 0 Å². The van der Waals surface area contributed by atoms with Crippen LogP contribution in [0.2, 0.25) is 0 Å². The maximum Gasteiger partial charge on any atom is -0.00675 e. The molecule has 0 spiro atoms. The highest BCUT2D eigenvalue weighted by molar-refractivity contribution is 7.99. The minimum atomic E-state index is 1.08. The van der Waals surface area contributed by atoms with Gasteiger partial charge in [-0.15, -0.1) is 0 Å². The molecule has 0 rings (SSSR count). The molecule has 54 valence electrons. The number of unbranched alkanes of at least 4 members (excludes halogenated alkanes) is 2. The van der Waals surface area contributed by atoms with E-state index in [9.17, 15) is 0 Å². The molecule has 0 aliphatic carbocycles. The van der Waals surface area contributed by atoms with Gasteiger partial charge in [-0.25, -0.2) is 0 Å². The van der Waals surface area contributed by atoms with Crippen molar-refractivity contribution in [2.45, 2.75) is 25.7 Å². The Bertz CT molecular complexity index is 37.8. The average Bonchev–Trinajstić information content (AvgIpc) is 1.89. The summed E-state index contributed by atoms with van der Waals surface area (Å²) < 4.78 is 0. The van der Waals surface area contributed by atoms with Crippen LogP contribution in [0, 0.1) is 13.8 Å². The van der Waals surface area contributed by atoms with Crippen LogP contribution in [0.25, 0.3) is 0 Å². The van der Waals surface area contributed by atoms with Crippen molar-refractivity contribution in [2.75, 3.05) is 11.5 Å². The van der Waals surface area contributed by atoms with E-state index in [1.807, 2.05) is 11.8 Å². The first kappa shape index (κ1) is 9.35. The first-order valence-electron chi connectivity index (χ1n) is 3.58. The summed E-state index contributed by atoms with van der Waals surface area (Å²) in [5.74, 6) is 2.56. The van der Waals surface area contributed by atoms with Crippen LogP contribution in [0.4, 0.5) is 0 Å². The van der Waals surface area contributed by atoms with Crippen LogP contribution in [-0.2, 0) is 0 Å². The van der Waals surface area contributed by atoms with Gasteiger partial charge in [0.15, 0.2) is 0 Å². The largest absolute Gasteiger partial charge is 0.162 e. The molecule has 2 radical (unpaired) electrons. The predicted octanol–water partition coefficient (Wildman–Crippen LogP) is 2.95. The Morgan fingerprint density at radius 1 is 0.889 bits per heavy atom. The molecule has 0 unspecified atom stereocenters. The van der Waals surface area contributed by atoms with Crippen molar-refractivity contribution in [3.05, 3.63) is 13.8 Å². The molecule has 0 heterocycles. The fraction of sp³-hybridized carbons (Fsp3) is 0.750. The monoisotopic (exact) mass is 144 g/mol. The van der Waals surface area contributed by atoms with Crippen molar-refractivity contribution in [3.8, 4) is 0 Å². The molecule has 0 aromatic carbocycles. The summed E-state index contributed by atoms with van der Waals surface area (Å²) in [6, 6.07) is 0. The zero-order chi connectivity index (χ0) is 6.95. The van der Waals surface area contributed by atoms with Gasteiger partial charge in [-0.05, 0) is 24.3 Å². The van der Waals surface area contributed by atoms with Crippen molar-refractivity contribution in [3.63, 3.8) is 0 Å². The lowest BCUT2D eigenvalue weighted by Crippen LogP contribution is -1.81. The van der Waals surface area contributed by atoms with Gasteiger partial charge < -0.3 is 0 Å². The van der Waals surface area contributed by atoms with Gasteiger partial charge in [-0.2, -0.15) is 11.8 Å². The second-order valence-electron chi connectivity index (χ2n) is 2.03. The summed E-state index contributed by atoms with van der Waals surface area (Å²) in [6.07, 6.45) is 4.69. The molecule has 0 bridgehead atoms. The molecule has 0 aromatic rings. The van der Waals surface area contributed by atoms with Gasteiger partial charge in [-0.1, -0.05) is 26.7 Å². The summed E-state index contributed by atoms with van der Waals surface area (Å²) in [5.41, 5.74) is 0. The molecule has 0 N–H and O–H groups in total. The topological polar surface area (TPSA) is 0 Å². The fourth-order valence-electron chi connectivity index (χ4n) is 0.510. The highest BCUT2D eigenvalue weighted by atomic mass is 32.2. The normalized spacial score (nSPS) is 10.0. The molecule has 0 aliphatic heterocycles. The summed E-state index contributed by atoms with van der Waals surface area (Å²) >= 11 is 2.02. The molecule has 0 saturated carbocycles. The highest BCUT2D eigenvalue weighted by Crippen LogP contribution is 2.06. The Morgan fingerprint density at radius 3 is 1.67 bits per heavy atom. The van der Waals surface area contributed by atoms with Gasteiger partial charge in [-0.3, -0.25) is 0 Å². The third-order valence-electron chi connectivity index (χ3n) is 1.08. The lowest BCUT2D eigenvalue weighted by molar-refractivity contribution is 0.947. The number of rotatable bonds is 6. The quantitative estimate of drug-likeness (QED) is 0.516. The zero-order valence-corrected chi connectivity index (χ0v) is 6.88. The van der Waals surface area contributed by atoms with E-state index in [4.69, 9.17) is 0 Å². The molecule has 0 aromatic heterocycles. The molecule has 0 fully saturated rings. The van der Waals surface area contributed by atoms with Gasteiger partial charge in [0.2, 0.25) is 0 Å². The van der Waals surface area contributed by atoms with Gasteiger partial charge in [0.05, 0.1) is 0 Å². The SMILES string of the molecule is [CH2]CCCSCCC[CH2]. The summed E-state index contributed by atoms with van der Waals surface area (Å²) in [6.45, 7) is 7.56. The Balaban J connectivity index is 2.60. The Kier molecular flexibility index (Phi) is 8.67. The van der Waals surface area contributed by atoms with Gasteiger partial charge in [0, 0.05) is 0 Å². The van der Waals surface area contributed by atoms with Gasteiger partial charge in [0.25, 0.3) is 0 Å². The smallest absolute Gasteiger partial charge is 0.00675 e. The minimum Gasteiger partial charge on any atom is -0.162 e. The van der Waals surface area contributed by atoms with E-state index in [1.54, 1.807) is 0 Å². The van der Waals surface area contributed by atoms with Gasteiger partial charge >= 0.3 is 0 Å². The van der Waals surface area contributed by atoms with E-state index in [-0.39, 0.29) is 0 Å². The molecule has 0 atom stereocenters. The summed E-state index contributed by atoms with van der Waals surface area (Å²) in [5, 5.41) is 0. The van der Waals surface area contributed by atoms with Crippen molar-refractivity contribution >= 4 is 11.8 Å². The molecule has 0 aliphatic rings. The van der Waals surface area contributed by atoms with Crippen molar-refractivity contribution in [1.29, 1.82) is 0 Å². The molecule has 1 heteroatoms. The van der Waals surface area contributed by atoms with E-state index >= 15 is 0 Å². The Hall–Kier alpha value is 0.350. The van der Waals surface area contributed by atoms with Crippen molar-refractivity contribution in [2.24, 2.45) is 0 Å². The lowest BCUT2D eigenvalue weighted by atomic mass is 10.4. The van der Waals surface area contributed by atoms with Crippen LogP contribution in [0.1, 0.15) is 25.7 Å².